The molecule has 0 aliphatic carbocycles. The molecule has 1 aromatic carbocycles. The second-order valence-corrected chi connectivity index (χ2v) is 4.83. The number of benzene rings is 1. The summed E-state index contributed by atoms with van der Waals surface area (Å²) in [5.74, 6) is -0.233. The topological polar surface area (TPSA) is 30.7 Å². The van der Waals surface area contributed by atoms with Gasteiger partial charge < -0.3 is 0 Å². The highest BCUT2D eigenvalue weighted by Gasteiger charge is 2.04. The molecule has 0 N–H and O–H groups in total. The Balaban J connectivity index is 2.27. The van der Waals surface area contributed by atoms with Gasteiger partial charge in [0.05, 0.1) is 6.54 Å². The molecule has 2 aromatic rings. The molecule has 0 saturated heterocycles. The summed E-state index contributed by atoms with van der Waals surface area (Å²) in [6.45, 7) is 0.390. The maximum Gasteiger partial charge on any atom is 0.211 e. The zero-order valence-corrected chi connectivity index (χ0v) is 11.2. The zero-order chi connectivity index (χ0) is 10.8. The Hall–Kier alpha value is -0.500. The van der Waals surface area contributed by atoms with Crippen molar-refractivity contribution in [2.45, 2.75) is 6.54 Å². The largest absolute Gasteiger partial charge is 0.247 e. The molecule has 0 saturated carbocycles. The fourth-order valence-electron chi connectivity index (χ4n) is 1.19. The number of hydrogen-bond acceptors (Lipinski definition) is 2. The summed E-state index contributed by atoms with van der Waals surface area (Å²) in [6.07, 6.45) is 1.59. The maximum absolute atomic E-state index is 13.4. The molecule has 15 heavy (non-hydrogen) atoms. The minimum atomic E-state index is -0.233. The van der Waals surface area contributed by atoms with E-state index in [0.29, 0.717) is 15.9 Å². The van der Waals surface area contributed by atoms with Gasteiger partial charge in [-0.05, 0) is 18.2 Å². The van der Waals surface area contributed by atoms with Crippen LogP contribution in [0.2, 0.25) is 0 Å². The van der Waals surface area contributed by atoms with Crippen molar-refractivity contribution in [2.75, 3.05) is 0 Å². The molecule has 1 heterocycles. The van der Waals surface area contributed by atoms with Crippen LogP contribution in [-0.2, 0) is 6.54 Å². The first-order valence-electron chi connectivity index (χ1n) is 4.14. The Morgan fingerprint density at radius 1 is 1.47 bits per heavy atom. The first-order chi connectivity index (χ1) is 7.15. The third-order valence-electron chi connectivity index (χ3n) is 1.85. The summed E-state index contributed by atoms with van der Waals surface area (Å²) < 4.78 is 16.5. The Kier molecular flexibility index (Phi) is 3.35. The average Bonchev–Trinajstić information content (AvgIpc) is 2.58. The molecule has 0 aliphatic rings. The smallest absolute Gasteiger partial charge is 0.211 e. The van der Waals surface area contributed by atoms with E-state index in [-0.39, 0.29) is 5.82 Å². The van der Waals surface area contributed by atoms with Crippen molar-refractivity contribution in [2.24, 2.45) is 0 Å². The van der Waals surface area contributed by atoms with Gasteiger partial charge in [-0.15, -0.1) is 5.10 Å². The van der Waals surface area contributed by atoms with E-state index in [9.17, 15) is 4.39 Å². The summed E-state index contributed by atoms with van der Waals surface area (Å²) in [5, 5.41) is 4.09. The highest BCUT2D eigenvalue weighted by atomic mass is 127. The van der Waals surface area contributed by atoms with Crippen LogP contribution >= 0.6 is 38.5 Å². The molecule has 0 spiro atoms. The Morgan fingerprint density at radius 2 is 2.27 bits per heavy atom. The molecule has 0 atom stereocenters. The number of halogens is 3. The average molecular weight is 382 g/mol. The lowest BCUT2D eigenvalue weighted by atomic mass is 10.2. The Morgan fingerprint density at radius 3 is 2.93 bits per heavy atom. The third kappa shape index (κ3) is 2.75. The minimum Gasteiger partial charge on any atom is -0.247 e. The van der Waals surface area contributed by atoms with Gasteiger partial charge in [0.1, 0.15) is 12.1 Å². The molecule has 3 nitrogen and oxygen atoms in total. The van der Waals surface area contributed by atoms with Crippen LogP contribution in [0.4, 0.5) is 4.39 Å². The predicted molar refractivity (Wildman–Crippen MR) is 65.9 cm³/mol. The predicted octanol–water partition coefficient (Wildman–Crippen LogP) is 2.83. The third-order valence-corrected chi connectivity index (χ3v) is 2.84. The van der Waals surface area contributed by atoms with E-state index in [4.69, 9.17) is 0 Å². The summed E-state index contributed by atoms with van der Waals surface area (Å²) in [7, 11) is 0. The normalized spacial score (nSPS) is 10.6. The molecule has 0 radical (unpaired) electrons. The number of hydrogen-bond donors (Lipinski definition) is 0. The van der Waals surface area contributed by atoms with Gasteiger partial charge in [0, 0.05) is 32.6 Å². The summed E-state index contributed by atoms with van der Waals surface area (Å²) in [4.78, 5) is 3.97. The van der Waals surface area contributed by atoms with Crippen molar-refractivity contribution in [1.29, 1.82) is 0 Å². The fourth-order valence-corrected chi connectivity index (χ4v) is 2.00. The molecule has 6 heteroatoms. The van der Waals surface area contributed by atoms with Crippen LogP contribution in [0.5, 0.6) is 0 Å². The van der Waals surface area contributed by atoms with E-state index < -0.39 is 0 Å². The van der Waals surface area contributed by atoms with Gasteiger partial charge in [0.2, 0.25) is 3.83 Å². The minimum absolute atomic E-state index is 0.233. The summed E-state index contributed by atoms with van der Waals surface area (Å²) >= 11 is 5.31. The maximum atomic E-state index is 13.4. The first kappa shape index (κ1) is 11.0. The van der Waals surface area contributed by atoms with Crippen molar-refractivity contribution in [3.63, 3.8) is 0 Å². The summed E-state index contributed by atoms with van der Waals surface area (Å²) in [5.41, 5.74) is 0.589. The van der Waals surface area contributed by atoms with Crippen molar-refractivity contribution in [1.82, 2.24) is 14.8 Å². The molecule has 0 aliphatic heterocycles. The van der Waals surface area contributed by atoms with E-state index >= 15 is 0 Å². The SMILES string of the molecule is Fc1ccc(Br)cc1Cn1cnc(I)n1. The monoisotopic (exact) mass is 381 g/mol. The van der Waals surface area contributed by atoms with E-state index in [2.05, 4.69) is 26.0 Å². The molecule has 0 fully saturated rings. The van der Waals surface area contributed by atoms with E-state index in [1.54, 1.807) is 23.1 Å². The molecule has 0 amide bonds. The highest BCUT2D eigenvalue weighted by Crippen LogP contribution is 2.16. The van der Waals surface area contributed by atoms with Gasteiger partial charge in [-0.3, -0.25) is 0 Å². The van der Waals surface area contributed by atoms with Crippen LogP contribution in [0.25, 0.3) is 0 Å². The van der Waals surface area contributed by atoms with Gasteiger partial charge >= 0.3 is 0 Å². The first-order valence-corrected chi connectivity index (χ1v) is 6.01. The Bertz CT molecular complexity index is 486. The van der Waals surface area contributed by atoms with Crippen LogP contribution in [0.15, 0.2) is 29.0 Å². The molecule has 0 bridgehead atoms. The second kappa shape index (κ2) is 4.56. The van der Waals surface area contributed by atoms with Gasteiger partial charge in [-0.1, -0.05) is 15.9 Å². The van der Waals surface area contributed by atoms with Crippen molar-refractivity contribution in [3.8, 4) is 0 Å². The number of nitrogens with zero attached hydrogens (tertiary/aromatic N) is 3. The van der Waals surface area contributed by atoms with E-state index in [1.807, 2.05) is 22.6 Å². The lowest BCUT2D eigenvalue weighted by Crippen LogP contribution is -2.02. The lowest BCUT2D eigenvalue weighted by molar-refractivity contribution is 0.583. The molecular formula is C9H6BrFIN3. The van der Waals surface area contributed by atoms with Crippen LogP contribution in [0.3, 0.4) is 0 Å². The van der Waals surface area contributed by atoms with Gasteiger partial charge in [-0.25, -0.2) is 14.1 Å². The summed E-state index contributed by atoms with van der Waals surface area (Å²) in [6, 6.07) is 4.84. The highest BCUT2D eigenvalue weighted by molar-refractivity contribution is 14.1. The molecule has 78 valence electrons. The standard InChI is InChI=1S/C9H6BrFIN3/c10-7-1-2-8(11)6(3-7)4-15-5-13-9(12)14-15/h1-3,5H,4H2. The zero-order valence-electron chi connectivity index (χ0n) is 7.49. The fraction of sp³-hybridized carbons (Fsp3) is 0.111. The van der Waals surface area contributed by atoms with Crippen LogP contribution < -0.4 is 0 Å². The van der Waals surface area contributed by atoms with Gasteiger partial charge in [-0.2, -0.15) is 0 Å². The van der Waals surface area contributed by atoms with Crippen LogP contribution in [0, 0.1) is 9.65 Å². The second-order valence-electron chi connectivity index (χ2n) is 2.95. The number of rotatable bonds is 2. The number of aromatic nitrogens is 3. The molecular weight excluding hydrogens is 376 g/mol. The van der Waals surface area contributed by atoms with Crippen molar-refractivity contribution < 1.29 is 4.39 Å². The van der Waals surface area contributed by atoms with Crippen molar-refractivity contribution in [3.05, 3.63) is 44.2 Å². The van der Waals surface area contributed by atoms with Gasteiger partial charge in [0.15, 0.2) is 0 Å². The van der Waals surface area contributed by atoms with Crippen LogP contribution in [-0.4, -0.2) is 14.8 Å². The molecule has 2 rings (SSSR count). The van der Waals surface area contributed by atoms with Gasteiger partial charge in [0.25, 0.3) is 0 Å². The lowest BCUT2D eigenvalue weighted by Gasteiger charge is -2.03. The van der Waals surface area contributed by atoms with Crippen molar-refractivity contribution >= 4 is 38.5 Å². The van der Waals surface area contributed by atoms with E-state index in [0.717, 1.165) is 4.47 Å². The molecule has 0 unspecified atom stereocenters. The Labute approximate surface area is 108 Å². The van der Waals surface area contributed by atoms with E-state index in [1.165, 1.54) is 6.07 Å². The molecule has 1 aromatic heterocycles. The van der Waals surface area contributed by atoms with Crippen LogP contribution in [0.1, 0.15) is 5.56 Å². The quantitative estimate of drug-likeness (QED) is 0.749.